The van der Waals surface area contributed by atoms with Gasteiger partial charge in [-0.25, -0.2) is 0 Å². The van der Waals surface area contributed by atoms with Crippen molar-refractivity contribution in [1.82, 2.24) is 9.80 Å². The van der Waals surface area contributed by atoms with Gasteiger partial charge in [0.2, 0.25) is 0 Å². The van der Waals surface area contributed by atoms with Crippen LogP contribution < -0.4 is 0 Å². The molecule has 2 saturated heterocycles. The lowest BCUT2D eigenvalue weighted by Crippen LogP contribution is -2.53. The fourth-order valence-electron chi connectivity index (χ4n) is 3.67. The van der Waals surface area contributed by atoms with Gasteiger partial charge in [0.15, 0.2) is 0 Å². The van der Waals surface area contributed by atoms with E-state index in [2.05, 4.69) is 19.0 Å². The molecular formula is C18H26N2O2. The predicted octanol–water partition coefficient (Wildman–Crippen LogP) is 2.40. The van der Waals surface area contributed by atoms with Crippen LogP contribution in [-0.4, -0.2) is 61.1 Å². The van der Waals surface area contributed by atoms with Crippen molar-refractivity contribution in [2.24, 2.45) is 0 Å². The molecule has 22 heavy (non-hydrogen) atoms. The Hall–Kier alpha value is -1.39. The van der Waals surface area contributed by atoms with E-state index in [9.17, 15) is 4.79 Å². The highest BCUT2D eigenvalue weighted by atomic mass is 16.5. The molecule has 1 atom stereocenters. The summed E-state index contributed by atoms with van der Waals surface area (Å²) in [4.78, 5) is 16.8. The number of likely N-dealkylation sites (tertiary alicyclic amines) is 1. The number of piperidine rings is 1. The molecular weight excluding hydrogens is 276 g/mol. The van der Waals surface area contributed by atoms with E-state index in [0.717, 1.165) is 50.9 Å². The molecule has 1 aromatic rings. The Bertz CT molecular complexity index is 507. The summed E-state index contributed by atoms with van der Waals surface area (Å²) in [5, 5.41) is 0. The first-order valence-electron chi connectivity index (χ1n) is 8.24. The standard InChI is InChI=1S/C18H26N2O2/c1-19(2)16-8-13-22-18(14-16)9-11-20(12-10-18)17(21)15-6-4-3-5-7-15/h3-7,16H,8-14H2,1-2H3. The minimum absolute atomic E-state index is 0.0132. The number of amides is 1. The third kappa shape index (κ3) is 3.18. The number of carbonyl (C=O) groups is 1. The van der Waals surface area contributed by atoms with Gasteiger partial charge in [0, 0.05) is 31.3 Å². The molecule has 0 N–H and O–H groups in total. The summed E-state index contributed by atoms with van der Waals surface area (Å²) in [6.07, 6.45) is 4.11. The monoisotopic (exact) mass is 302 g/mol. The van der Waals surface area contributed by atoms with Crippen molar-refractivity contribution < 1.29 is 9.53 Å². The summed E-state index contributed by atoms with van der Waals surface area (Å²) in [7, 11) is 4.30. The molecule has 1 aromatic carbocycles. The van der Waals surface area contributed by atoms with Crippen LogP contribution in [0.15, 0.2) is 30.3 Å². The van der Waals surface area contributed by atoms with Crippen LogP contribution in [0.3, 0.4) is 0 Å². The second-order valence-corrected chi connectivity index (χ2v) is 6.80. The highest BCUT2D eigenvalue weighted by Gasteiger charge is 2.41. The van der Waals surface area contributed by atoms with E-state index < -0.39 is 0 Å². The van der Waals surface area contributed by atoms with Crippen molar-refractivity contribution >= 4 is 5.91 Å². The van der Waals surface area contributed by atoms with Crippen LogP contribution in [0.4, 0.5) is 0 Å². The number of ether oxygens (including phenoxy) is 1. The summed E-state index contributed by atoms with van der Waals surface area (Å²) >= 11 is 0. The van der Waals surface area contributed by atoms with E-state index in [1.807, 2.05) is 35.2 Å². The zero-order valence-electron chi connectivity index (χ0n) is 13.6. The average Bonchev–Trinajstić information content (AvgIpc) is 2.56. The van der Waals surface area contributed by atoms with E-state index in [1.54, 1.807) is 0 Å². The Kier molecular flexibility index (Phi) is 4.50. The molecule has 1 spiro atoms. The smallest absolute Gasteiger partial charge is 0.253 e. The number of carbonyl (C=O) groups excluding carboxylic acids is 1. The van der Waals surface area contributed by atoms with Gasteiger partial charge in [0.05, 0.1) is 5.60 Å². The molecule has 2 aliphatic rings. The van der Waals surface area contributed by atoms with Crippen LogP contribution >= 0.6 is 0 Å². The molecule has 2 fully saturated rings. The molecule has 0 aromatic heterocycles. The van der Waals surface area contributed by atoms with Crippen LogP contribution in [0.5, 0.6) is 0 Å². The summed E-state index contributed by atoms with van der Waals surface area (Å²) in [5.74, 6) is 0.149. The second kappa shape index (κ2) is 6.39. The van der Waals surface area contributed by atoms with Gasteiger partial charge in [0.1, 0.15) is 0 Å². The molecule has 2 heterocycles. The van der Waals surface area contributed by atoms with E-state index in [4.69, 9.17) is 4.74 Å². The molecule has 0 saturated carbocycles. The molecule has 3 rings (SSSR count). The minimum atomic E-state index is -0.0132. The lowest BCUT2D eigenvalue weighted by molar-refractivity contribution is -0.125. The van der Waals surface area contributed by atoms with Crippen molar-refractivity contribution in [3.8, 4) is 0 Å². The quantitative estimate of drug-likeness (QED) is 0.841. The highest BCUT2D eigenvalue weighted by Crippen LogP contribution is 2.36. The number of rotatable bonds is 2. The Labute approximate surface area is 133 Å². The summed E-state index contributed by atoms with van der Waals surface area (Å²) in [5.41, 5.74) is 0.773. The fourth-order valence-corrected chi connectivity index (χ4v) is 3.67. The van der Waals surface area contributed by atoms with Crippen LogP contribution in [0.1, 0.15) is 36.0 Å². The summed E-state index contributed by atoms with van der Waals surface area (Å²) in [6.45, 7) is 2.44. The van der Waals surface area contributed by atoms with Crippen LogP contribution in [0, 0.1) is 0 Å². The number of nitrogens with zero attached hydrogens (tertiary/aromatic N) is 2. The van der Waals surface area contributed by atoms with Gasteiger partial charge in [0.25, 0.3) is 5.91 Å². The lowest BCUT2D eigenvalue weighted by Gasteiger charge is -2.47. The Balaban J connectivity index is 1.61. The summed E-state index contributed by atoms with van der Waals surface area (Å²) in [6, 6.07) is 10.2. The zero-order valence-corrected chi connectivity index (χ0v) is 13.6. The molecule has 4 heteroatoms. The van der Waals surface area contributed by atoms with E-state index >= 15 is 0 Å². The molecule has 1 unspecified atom stereocenters. The topological polar surface area (TPSA) is 32.8 Å². The minimum Gasteiger partial charge on any atom is -0.375 e. The third-order valence-electron chi connectivity index (χ3n) is 5.18. The van der Waals surface area contributed by atoms with Crippen molar-refractivity contribution in [1.29, 1.82) is 0 Å². The van der Waals surface area contributed by atoms with Gasteiger partial charge >= 0.3 is 0 Å². The molecule has 0 bridgehead atoms. The van der Waals surface area contributed by atoms with Gasteiger partial charge in [-0.15, -0.1) is 0 Å². The van der Waals surface area contributed by atoms with Gasteiger partial charge in [-0.3, -0.25) is 4.79 Å². The first kappa shape index (κ1) is 15.5. The number of hydrogen-bond acceptors (Lipinski definition) is 3. The second-order valence-electron chi connectivity index (χ2n) is 6.80. The van der Waals surface area contributed by atoms with Crippen LogP contribution in [0.25, 0.3) is 0 Å². The van der Waals surface area contributed by atoms with Crippen LogP contribution in [0.2, 0.25) is 0 Å². The fraction of sp³-hybridized carbons (Fsp3) is 0.611. The maximum Gasteiger partial charge on any atom is 0.253 e. The lowest BCUT2D eigenvalue weighted by atomic mass is 9.82. The largest absolute Gasteiger partial charge is 0.375 e. The number of hydrogen-bond donors (Lipinski definition) is 0. The van der Waals surface area contributed by atoms with E-state index in [1.165, 1.54) is 0 Å². The predicted molar refractivity (Wildman–Crippen MR) is 87.0 cm³/mol. The van der Waals surface area contributed by atoms with E-state index in [-0.39, 0.29) is 11.5 Å². The maximum atomic E-state index is 12.5. The SMILES string of the molecule is CN(C)C1CCOC2(CCN(C(=O)c3ccccc3)CC2)C1. The van der Waals surface area contributed by atoms with Crippen molar-refractivity contribution in [2.45, 2.75) is 37.3 Å². The zero-order chi connectivity index (χ0) is 15.6. The van der Waals surface area contributed by atoms with Crippen LogP contribution in [-0.2, 0) is 4.74 Å². The molecule has 2 aliphatic heterocycles. The third-order valence-corrected chi connectivity index (χ3v) is 5.18. The van der Waals surface area contributed by atoms with Gasteiger partial charge in [-0.2, -0.15) is 0 Å². The van der Waals surface area contributed by atoms with E-state index in [0.29, 0.717) is 6.04 Å². The Morgan fingerprint density at radius 2 is 1.91 bits per heavy atom. The number of benzene rings is 1. The average molecular weight is 302 g/mol. The molecule has 4 nitrogen and oxygen atoms in total. The molecule has 120 valence electrons. The van der Waals surface area contributed by atoms with Gasteiger partial charge < -0.3 is 14.5 Å². The first-order chi connectivity index (χ1) is 10.6. The first-order valence-corrected chi connectivity index (χ1v) is 8.24. The summed E-state index contributed by atoms with van der Waals surface area (Å²) < 4.78 is 6.16. The normalized spacial score (nSPS) is 24.7. The maximum absolute atomic E-state index is 12.5. The molecule has 0 radical (unpaired) electrons. The van der Waals surface area contributed by atoms with Crippen molar-refractivity contribution in [3.63, 3.8) is 0 Å². The molecule has 0 aliphatic carbocycles. The van der Waals surface area contributed by atoms with Crippen molar-refractivity contribution in [2.75, 3.05) is 33.8 Å². The van der Waals surface area contributed by atoms with Gasteiger partial charge in [-0.1, -0.05) is 18.2 Å². The molecule has 1 amide bonds. The Morgan fingerprint density at radius 3 is 2.55 bits per heavy atom. The highest BCUT2D eigenvalue weighted by molar-refractivity contribution is 5.94. The Morgan fingerprint density at radius 1 is 1.23 bits per heavy atom. The van der Waals surface area contributed by atoms with Gasteiger partial charge in [-0.05, 0) is 51.9 Å². The van der Waals surface area contributed by atoms with Crippen molar-refractivity contribution in [3.05, 3.63) is 35.9 Å².